The van der Waals surface area contributed by atoms with E-state index in [4.69, 9.17) is 4.42 Å². The van der Waals surface area contributed by atoms with Gasteiger partial charge in [0.15, 0.2) is 11.7 Å². The minimum atomic E-state index is 0.0672. The fourth-order valence-electron chi connectivity index (χ4n) is 2.68. The molecule has 25 heavy (non-hydrogen) atoms. The number of rotatable bonds is 10. The highest BCUT2D eigenvalue weighted by Crippen LogP contribution is 2.23. The summed E-state index contributed by atoms with van der Waals surface area (Å²) in [5.41, 5.74) is 2.32. The van der Waals surface area contributed by atoms with Crippen LogP contribution in [-0.2, 0) is 11.2 Å². The Hall–Kier alpha value is -2.10. The van der Waals surface area contributed by atoms with Gasteiger partial charge in [-0.15, -0.1) is 0 Å². The summed E-state index contributed by atoms with van der Waals surface area (Å²) in [7, 11) is 0. The number of aromatic nitrogens is 1. The fraction of sp³-hybridized carbons (Fsp3) is 0.524. The van der Waals surface area contributed by atoms with Crippen molar-refractivity contribution in [1.29, 1.82) is 0 Å². The predicted molar refractivity (Wildman–Crippen MR) is 102 cm³/mol. The van der Waals surface area contributed by atoms with E-state index >= 15 is 0 Å². The van der Waals surface area contributed by atoms with Crippen molar-refractivity contribution in [3.05, 3.63) is 41.9 Å². The average Bonchev–Trinajstić information content (AvgIpc) is 3.09. The number of oxazole rings is 1. The quantitative estimate of drug-likeness (QED) is 0.612. The summed E-state index contributed by atoms with van der Waals surface area (Å²) in [5, 5.41) is 2.96. The second-order valence-electron chi connectivity index (χ2n) is 6.81. The second-order valence-corrected chi connectivity index (χ2v) is 6.81. The lowest BCUT2D eigenvalue weighted by atomic mass is 10.0. The summed E-state index contributed by atoms with van der Waals surface area (Å²) in [5.74, 6) is 1.95. The maximum Gasteiger partial charge on any atom is 0.220 e. The van der Waals surface area contributed by atoms with Crippen LogP contribution in [0, 0.1) is 0 Å². The van der Waals surface area contributed by atoms with Crippen molar-refractivity contribution in [3.8, 4) is 11.3 Å². The molecule has 1 aromatic heterocycles. The Labute approximate surface area is 151 Å². The number of unbranched alkanes of at least 4 members (excludes halogenated alkanes) is 3. The van der Waals surface area contributed by atoms with Crippen LogP contribution in [0.25, 0.3) is 11.3 Å². The summed E-state index contributed by atoms with van der Waals surface area (Å²) >= 11 is 0. The molecule has 0 aliphatic carbocycles. The van der Waals surface area contributed by atoms with Gasteiger partial charge >= 0.3 is 0 Å². The third kappa shape index (κ3) is 6.37. The molecule has 0 saturated carbocycles. The van der Waals surface area contributed by atoms with E-state index in [1.807, 2.05) is 0 Å². The molecule has 1 amide bonds. The maximum atomic E-state index is 11.8. The lowest BCUT2D eigenvalue weighted by molar-refractivity contribution is -0.121. The molecule has 0 aliphatic rings. The van der Waals surface area contributed by atoms with Crippen LogP contribution in [0.15, 0.2) is 34.9 Å². The summed E-state index contributed by atoms with van der Waals surface area (Å²) in [6, 6.07) is 8.35. The van der Waals surface area contributed by atoms with Crippen LogP contribution in [0.2, 0.25) is 0 Å². The van der Waals surface area contributed by atoms with E-state index in [0.29, 0.717) is 24.7 Å². The van der Waals surface area contributed by atoms with Gasteiger partial charge in [-0.3, -0.25) is 4.79 Å². The Bertz CT molecular complexity index is 644. The fourth-order valence-corrected chi connectivity index (χ4v) is 2.68. The molecule has 0 saturated heterocycles. The number of nitrogens with one attached hydrogen (secondary N) is 1. The van der Waals surface area contributed by atoms with Crippen molar-refractivity contribution in [1.82, 2.24) is 10.3 Å². The first kappa shape index (κ1) is 19.2. The number of nitrogens with zero attached hydrogens (tertiary/aromatic N) is 1. The Morgan fingerprint density at radius 2 is 1.92 bits per heavy atom. The highest BCUT2D eigenvalue weighted by atomic mass is 16.4. The van der Waals surface area contributed by atoms with Crippen molar-refractivity contribution < 1.29 is 9.21 Å². The third-order valence-corrected chi connectivity index (χ3v) is 4.33. The van der Waals surface area contributed by atoms with Crippen molar-refractivity contribution in [2.45, 2.75) is 65.2 Å². The Kier molecular flexibility index (Phi) is 7.71. The second kappa shape index (κ2) is 10.0. The molecule has 0 radical (unpaired) electrons. The molecule has 4 nitrogen and oxygen atoms in total. The number of hydrogen-bond donors (Lipinski definition) is 1. The van der Waals surface area contributed by atoms with Gasteiger partial charge in [-0.25, -0.2) is 4.98 Å². The largest absolute Gasteiger partial charge is 0.441 e. The van der Waals surface area contributed by atoms with Gasteiger partial charge in [-0.05, 0) is 17.9 Å². The molecule has 0 atom stereocenters. The van der Waals surface area contributed by atoms with Gasteiger partial charge in [-0.2, -0.15) is 0 Å². The molecule has 2 aromatic rings. The third-order valence-electron chi connectivity index (χ3n) is 4.33. The molecule has 4 heteroatoms. The molecule has 0 spiro atoms. The molecule has 1 heterocycles. The number of benzene rings is 1. The van der Waals surface area contributed by atoms with E-state index in [9.17, 15) is 4.79 Å². The van der Waals surface area contributed by atoms with Gasteiger partial charge in [0.1, 0.15) is 0 Å². The average molecular weight is 342 g/mol. The smallest absolute Gasteiger partial charge is 0.220 e. The number of aryl methyl sites for hydroxylation is 1. The summed E-state index contributed by atoms with van der Waals surface area (Å²) in [4.78, 5) is 16.1. The number of carbonyl (C=O) groups excluding carboxylic acids is 1. The van der Waals surface area contributed by atoms with Gasteiger partial charge in [-0.1, -0.05) is 64.3 Å². The molecular formula is C21H30N2O2. The van der Waals surface area contributed by atoms with Crippen LogP contribution in [0.4, 0.5) is 0 Å². The number of carbonyl (C=O) groups is 1. The number of amides is 1. The molecule has 0 fully saturated rings. The van der Waals surface area contributed by atoms with E-state index in [1.165, 1.54) is 24.8 Å². The van der Waals surface area contributed by atoms with Crippen molar-refractivity contribution >= 4 is 5.91 Å². The molecule has 0 aliphatic heterocycles. The van der Waals surface area contributed by atoms with Crippen LogP contribution >= 0.6 is 0 Å². The molecule has 0 unspecified atom stereocenters. The Balaban J connectivity index is 1.78. The molecule has 2 rings (SSSR count). The van der Waals surface area contributed by atoms with Crippen molar-refractivity contribution in [3.63, 3.8) is 0 Å². The van der Waals surface area contributed by atoms with Crippen LogP contribution in [0.5, 0.6) is 0 Å². The van der Waals surface area contributed by atoms with Gasteiger partial charge in [0, 0.05) is 24.9 Å². The normalized spacial score (nSPS) is 11.0. The number of hydrogen-bond acceptors (Lipinski definition) is 3. The van der Waals surface area contributed by atoms with E-state index in [0.717, 1.165) is 24.3 Å². The standard InChI is InChI=1S/C21H30N2O2/c1-4-5-6-7-14-22-20(24)12-13-21-23-15-19(25-21)18-10-8-17(9-11-18)16(2)3/h8-11,15-16H,4-7,12-14H2,1-3H3,(H,22,24). The SMILES string of the molecule is CCCCCCNC(=O)CCc1ncc(-c2ccc(C(C)C)cc2)o1. The van der Waals surface area contributed by atoms with E-state index in [1.54, 1.807) is 6.20 Å². The van der Waals surface area contributed by atoms with Crippen LogP contribution in [0.1, 0.15) is 70.2 Å². The van der Waals surface area contributed by atoms with Gasteiger partial charge in [0.2, 0.25) is 5.91 Å². The summed E-state index contributed by atoms with van der Waals surface area (Å²) < 4.78 is 5.79. The molecular weight excluding hydrogens is 312 g/mol. The highest BCUT2D eigenvalue weighted by Gasteiger charge is 2.09. The maximum absolute atomic E-state index is 11.8. The molecule has 0 bridgehead atoms. The van der Waals surface area contributed by atoms with E-state index < -0.39 is 0 Å². The van der Waals surface area contributed by atoms with Gasteiger partial charge < -0.3 is 9.73 Å². The first-order chi connectivity index (χ1) is 12.1. The van der Waals surface area contributed by atoms with E-state index in [-0.39, 0.29) is 5.91 Å². The zero-order chi connectivity index (χ0) is 18.1. The van der Waals surface area contributed by atoms with Crippen LogP contribution in [0.3, 0.4) is 0 Å². The lowest BCUT2D eigenvalue weighted by Crippen LogP contribution is -2.24. The molecule has 136 valence electrons. The van der Waals surface area contributed by atoms with Crippen molar-refractivity contribution in [2.24, 2.45) is 0 Å². The Morgan fingerprint density at radius 1 is 1.16 bits per heavy atom. The first-order valence-corrected chi connectivity index (χ1v) is 9.42. The predicted octanol–water partition coefficient (Wildman–Crippen LogP) is 5.09. The van der Waals surface area contributed by atoms with Gasteiger partial charge in [0.25, 0.3) is 0 Å². The zero-order valence-corrected chi connectivity index (χ0v) is 15.7. The van der Waals surface area contributed by atoms with E-state index in [2.05, 4.69) is 55.3 Å². The van der Waals surface area contributed by atoms with Gasteiger partial charge in [0.05, 0.1) is 6.20 Å². The highest BCUT2D eigenvalue weighted by molar-refractivity contribution is 5.76. The van der Waals surface area contributed by atoms with Crippen molar-refractivity contribution in [2.75, 3.05) is 6.54 Å². The lowest BCUT2D eigenvalue weighted by Gasteiger charge is -2.05. The Morgan fingerprint density at radius 3 is 2.60 bits per heavy atom. The summed E-state index contributed by atoms with van der Waals surface area (Å²) in [6.07, 6.45) is 7.35. The monoisotopic (exact) mass is 342 g/mol. The van der Waals surface area contributed by atoms with Crippen LogP contribution in [-0.4, -0.2) is 17.4 Å². The minimum absolute atomic E-state index is 0.0672. The van der Waals surface area contributed by atoms with Crippen LogP contribution < -0.4 is 5.32 Å². The topological polar surface area (TPSA) is 55.1 Å². The summed E-state index contributed by atoms with van der Waals surface area (Å²) in [6.45, 7) is 7.30. The first-order valence-electron chi connectivity index (χ1n) is 9.42. The molecule has 1 aromatic carbocycles. The zero-order valence-electron chi connectivity index (χ0n) is 15.7. The minimum Gasteiger partial charge on any atom is -0.441 e. The molecule has 1 N–H and O–H groups in total.